The van der Waals surface area contributed by atoms with Crippen LogP contribution in [-0.2, 0) is 15.8 Å². The highest BCUT2D eigenvalue weighted by atomic mass is 16.5. The van der Waals surface area contributed by atoms with Crippen molar-refractivity contribution in [2.24, 2.45) is 0 Å². The average molecular weight is 694 g/mol. The van der Waals surface area contributed by atoms with Crippen LogP contribution in [0.5, 0.6) is 17.2 Å². The minimum atomic E-state index is -0.907. The normalized spacial score (nSPS) is 20.4. The maximum atomic E-state index is 9.38. The Kier molecular flexibility index (Phi) is 8.68. The SMILES string of the molecule is COc1ccc2c3c(c4c(c2c1)OC(c1ccc(OCCO)cc1)(c1ccc(N2CCOCC2)cc1)C=C4)C1(CCCCCCC1)c1ccccc1-3. The molecule has 6 nitrogen and oxygen atoms in total. The number of hydrogen-bond donors (Lipinski definition) is 1. The second kappa shape index (κ2) is 13.6. The molecule has 1 spiro atoms. The molecule has 9 rings (SSSR count). The van der Waals surface area contributed by atoms with Crippen molar-refractivity contribution in [3.8, 4) is 28.4 Å². The molecule has 0 radical (unpaired) electrons. The predicted molar refractivity (Wildman–Crippen MR) is 208 cm³/mol. The molecule has 2 heterocycles. The van der Waals surface area contributed by atoms with Crippen molar-refractivity contribution in [3.63, 3.8) is 0 Å². The van der Waals surface area contributed by atoms with Crippen LogP contribution in [0.2, 0.25) is 0 Å². The summed E-state index contributed by atoms with van der Waals surface area (Å²) in [6.07, 6.45) is 13.3. The molecule has 2 fully saturated rings. The van der Waals surface area contributed by atoms with E-state index in [1.54, 1.807) is 7.11 Å². The number of morpholine rings is 1. The molecule has 52 heavy (non-hydrogen) atoms. The highest BCUT2D eigenvalue weighted by Gasteiger charge is 2.48. The highest BCUT2D eigenvalue weighted by Crippen LogP contribution is 2.61. The minimum Gasteiger partial charge on any atom is -0.497 e. The Morgan fingerprint density at radius 1 is 0.769 bits per heavy atom. The maximum Gasteiger partial charge on any atom is 0.178 e. The molecule has 1 N–H and O–H groups in total. The number of ether oxygens (including phenoxy) is 4. The number of nitrogens with zero attached hydrogens (tertiary/aromatic N) is 1. The van der Waals surface area contributed by atoms with Crippen LogP contribution < -0.4 is 19.1 Å². The maximum absolute atomic E-state index is 9.38. The summed E-state index contributed by atoms with van der Waals surface area (Å²) in [6.45, 7) is 3.46. The van der Waals surface area contributed by atoms with Gasteiger partial charge in [-0.3, -0.25) is 0 Å². The number of aliphatic hydroxyl groups is 1. The Balaban J connectivity index is 1.27. The molecule has 1 unspecified atom stereocenters. The Morgan fingerprint density at radius 3 is 2.19 bits per heavy atom. The van der Waals surface area contributed by atoms with Crippen LogP contribution in [0.25, 0.3) is 28.0 Å². The Labute approximate surface area is 306 Å². The van der Waals surface area contributed by atoms with Gasteiger partial charge >= 0.3 is 0 Å². The van der Waals surface area contributed by atoms with Gasteiger partial charge in [0.2, 0.25) is 0 Å². The van der Waals surface area contributed by atoms with Gasteiger partial charge in [-0.15, -0.1) is 0 Å². The van der Waals surface area contributed by atoms with E-state index in [9.17, 15) is 5.11 Å². The summed E-state index contributed by atoms with van der Waals surface area (Å²) in [5.74, 6) is 2.43. The first-order chi connectivity index (χ1) is 25.6. The molecular formula is C46H47NO5. The average Bonchev–Trinajstić information content (AvgIpc) is 3.49. The zero-order valence-corrected chi connectivity index (χ0v) is 30.0. The van der Waals surface area contributed by atoms with E-state index in [2.05, 4.69) is 95.9 Å². The number of rotatable bonds is 7. The van der Waals surface area contributed by atoms with Crippen molar-refractivity contribution in [2.75, 3.05) is 51.5 Å². The number of fused-ring (bicyclic) bond motifs is 10. The molecule has 5 aromatic rings. The van der Waals surface area contributed by atoms with E-state index in [-0.39, 0.29) is 18.6 Å². The predicted octanol–water partition coefficient (Wildman–Crippen LogP) is 9.42. The van der Waals surface area contributed by atoms with Crippen molar-refractivity contribution in [2.45, 2.75) is 56.0 Å². The van der Waals surface area contributed by atoms with E-state index in [1.807, 2.05) is 12.1 Å². The Morgan fingerprint density at radius 2 is 1.46 bits per heavy atom. The van der Waals surface area contributed by atoms with Gasteiger partial charge in [0.05, 0.1) is 26.9 Å². The smallest absolute Gasteiger partial charge is 0.178 e. The van der Waals surface area contributed by atoms with Crippen molar-refractivity contribution >= 4 is 22.5 Å². The summed E-state index contributed by atoms with van der Waals surface area (Å²) in [5, 5.41) is 11.7. The van der Waals surface area contributed by atoms with E-state index >= 15 is 0 Å². The van der Waals surface area contributed by atoms with Gasteiger partial charge in [0.1, 0.15) is 23.9 Å². The number of aliphatic hydroxyl groups excluding tert-OH is 1. The molecule has 1 atom stereocenters. The fraction of sp³-hybridized carbons (Fsp3) is 0.348. The second-order valence-corrected chi connectivity index (χ2v) is 14.7. The van der Waals surface area contributed by atoms with Gasteiger partial charge in [-0.2, -0.15) is 0 Å². The fourth-order valence-corrected chi connectivity index (χ4v) is 9.49. The van der Waals surface area contributed by atoms with Gasteiger partial charge < -0.3 is 29.0 Å². The van der Waals surface area contributed by atoms with Crippen molar-refractivity contribution < 1.29 is 24.1 Å². The molecular weight excluding hydrogens is 647 g/mol. The lowest BCUT2D eigenvalue weighted by molar-refractivity contribution is 0.122. The minimum absolute atomic E-state index is 0.0317. The summed E-state index contributed by atoms with van der Waals surface area (Å²) in [7, 11) is 1.74. The summed E-state index contributed by atoms with van der Waals surface area (Å²) in [6, 6.07) is 32.7. The van der Waals surface area contributed by atoms with Gasteiger partial charge in [-0.05, 0) is 89.0 Å². The third kappa shape index (κ3) is 5.38. The standard InChI is InChI=1S/C46H47NO5/c1-49-36-19-20-37-40(31-36)44-39(43-42(37)38-9-5-6-10-41(38)45(43)22-7-3-2-4-8-23-45)21-24-46(52-44,33-13-17-35(18-14-33)51-30-27-48)32-11-15-34(16-12-32)47-25-28-50-29-26-47/h5-6,9-21,24,31,48H,2-4,7-8,22-23,25-30H2,1H3. The molecule has 0 bridgehead atoms. The van der Waals surface area contributed by atoms with Crippen molar-refractivity contribution in [1.29, 1.82) is 0 Å². The van der Waals surface area contributed by atoms with E-state index < -0.39 is 5.60 Å². The van der Waals surface area contributed by atoms with E-state index in [1.165, 1.54) is 71.0 Å². The number of hydrogen-bond acceptors (Lipinski definition) is 6. The van der Waals surface area contributed by atoms with Gasteiger partial charge in [-0.25, -0.2) is 0 Å². The lowest BCUT2D eigenvalue weighted by atomic mass is 9.67. The van der Waals surface area contributed by atoms with Crippen LogP contribution in [0.1, 0.15) is 72.8 Å². The summed E-state index contributed by atoms with van der Waals surface area (Å²) < 4.78 is 24.9. The molecule has 0 aromatic heterocycles. The zero-order valence-electron chi connectivity index (χ0n) is 30.0. The summed E-state index contributed by atoms with van der Waals surface area (Å²) in [4.78, 5) is 2.38. The topological polar surface area (TPSA) is 60.4 Å². The largest absolute Gasteiger partial charge is 0.497 e. The first-order valence-corrected chi connectivity index (χ1v) is 19.1. The number of benzene rings is 5. The molecule has 4 aliphatic rings. The number of methoxy groups -OCH3 is 1. The molecule has 1 saturated heterocycles. The van der Waals surface area contributed by atoms with E-state index in [0.717, 1.165) is 67.2 Å². The third-order valence-corrected chi connectivity index (χ3v) is 12.0. The summed E-state index contributed by atoms with van der Waals surface area (Å²) >= 11 is 0. The summed E-state index contributed by atoms with van der Waals surface area (Å²) in [5.41, 5.74) is 9.08. The molecule has 6 heteroatoms. The number of anilines is 1. The van der Waals surface area contributed by atoms with Crippen LogP contribution >= 0.6 is 0 Å². The van der Waals surface area contributed by atoms with E-state index in [0.29, 0.717) is 5.75 Å². The Bertz CT molecular complexity index is 2110. The lowest BCUT2D eigenvalue weighted by Gasteiger charge is -2.40. The lowest BCUT2D eigenvalue weighted by Crippen LogP contribution is -2.37. The fourth-order valence-electron chi connectivity index (χ4n) is 9.49. The van der Waals surface area contributed by atoms with Crippen LogP contribution in [-0.4, -0.2) is 51.7 Å². The molecule has 1 saturated carbocycles. The quantitative estimate of drug-likeness (QED) is 0.183. The highest BCUT2D eigenvalue weighted by molar-refractivity contribution is 6.09. The Hall–Kier alpha value is -4.78. The van der Waals surface area contributed by atoms with Crippen LogP contribution in [0.15, 0.2) is 97.1 Å². The first-order valence-electron chi connectivity index (χ1n) is 19.1. The molecule has 2 aliphatic carbocycles. The van der Waals surface area contributed by atoms with Crippen LogP contribution in [0, 0.1) is 0 Å². The van der Waals surface area contributed by atoms with Gasteiger partial charge in [0.15, 0.2) is 5.60 Å². The van der Waals surface area contributed by atoms with Crippen LogP contribution in [0.3, 0.4) is 0 Å². The molecule has 266 valence electrons. The van der Waals surface area contributed by atoms with Gasteiger partial charge in [0.25, 0.3) is 0 Å². The van der Waals surface area contributed by atoms with Crippen molar-refractivity contribution in [1.82, 2.24) is 0 Å². The molecule has 2 aliphatic heterocycles. The second-order valence-electron chi connectivity index (χ2n) is 14.7. The van der Waals surface area contributed by atoms with Crippen molar-refractivity contribution in [3.05, 3.63) is 125 Å². The molecule has 0 amide bonds. The van der Waals surface area contributed by atoms with Gasteiger partial charge in [-0.1, -0.05) is 86.7 Å². The van der Waals surface area contributed by atoms with Crippen LogP contribution in [0.4, 0.5) is 5.69 Å². The zero-order chi connectivity index (χ0) is 35.1. The third-order valence-electron chi connectivity index (χ3n) is 12.0. The van der Waals surface area contributed by atoms with Gasteiger partial charge in [0, 0.05) is 46.3 Å². The first kappa shape index (κ1) is 33.1. The van der Waals surface area contributed by atoms with E-state index in [4.69, 9.17) is 18.9 Å². The monoisotopic (exact) mass is 693 g/mol. The molecule has 5 aromatic carbocycles.